The second kappa shape index (κ2) is 4.82. The molecule has 0 aliphatic carbocycles. The highest BCUT2D eigenvalue weighted by Gasteiger charge is 2.27. The monoisotopic (exact) mass is 241 g/mol. The van der Waals surface area contributed by atoms with Crippen molar-refractivity contribution in [2.45, 2.75) is 31.8 Å². The van der Waals surface area contributed by atoms with Gasteiger partial charge < -0.3 is 20.7 Å². The van der Waals surface area contributed by atoms with Crippen molar-refractivity contribution >= 4 is 5.82 Å². The zero-order chi connectivity index (χ0) is 12.4. The fourth-order valence-electron chi connectivity index (χ4n) is 1.88. The highest BCUT2D eigenvalue weighted by molar-refractivity contribution is 5.36. The van der Waals surface area contributed by atoms with Crippen LogP contribution in [0.1, 0.15) is 24.6 Å². The van der Waals surface area contributed by atoms with Crippen molar-refractivity contribution in [2.75, 3.05) is 12.3 Å². The van der Waals surface area contributed by atoms with Gasteiger partial charge in [0.15, 0.2) is 0 Å². The van der Waals surface area contributed by atoms with Crippen molar-refractivity contribution in [3.8, 4) is 0 Å². The lowest BCUT2D eigenvalue weighted by molar-refractivity contribution is -0.0247. The maximum Gasteiger partial charge on any atom is 0.351 e. The van der Waals surface area contributed by atoms with Gasteiger partial charge in [0.2, 0.25) is 0 Å². The molecule has 1 aliphatic heterocycles. The SMILES string of the molecule is Nc1nc(=O)n(C2CC[C@@H](CO)O2)cc1CO. The Labute approximate surface area is 97.5 Å². The molecule has 17 heavy (non-hydrogen) atoms. The number of ether oxygens (including phenoxy) is 1. The van der Waals surface area contributed by atoms with Gasteiger partial charge in [0, 0.05) is 11.8 Å². The number of aromatic nitrogens is 2. The van der Waals surface area contributed by atoms with Crippen LogP contribution in [-0.4, -0.2) is 32.5 Å². The predicted molar refractivity (Wildman–Crippen MR) is 59.1 cm³/mol. The maximum absolute atomic E-state index is 11.6. The van der Waals surface area contributed by atoms with Gasteiger partial charge in [0.05, 0.1) is 19.3 Å². The number of nitrogen functional groups attached to an aromatic ring is 1. The van der Waals surface area contributed by atoms with Crippen LogP contribution >= 0.6 is 0 Å². The molecule has 7 nitrogen and oxygen atoms in total. The van der Waals surface area contributed by atoms with E-state index in [2.05, 4.69) is 4.98 Å². The molecule has 1 aliphatic rings. The van der Waals surface area contributed by atoms with Gasteiger partial charge in [0.25, 0.3) is 0 Å². The molecule has 0 spiro atoms. The van der Waals surface area contributed by atoms with E-state index in [9.17, 15) is 4.79 Å². The van der Waals surface area contributed by atoms with Crippen LogP contribution in [-0.2, 0) is 11.3 Å². The van der Waals surface area contributed by atoms with Gasteiger partial charge in [-0.15, -0.1) is 0 Å². The second-order valence-electron chi connectivity index (χ2n) is 3.97. The molecule has 0 aromatic carbocycles. The number of hydrogen-bond acceptors (Lipinski definition) is 6. The lowest BCUT2D eigenvalue weighted by Crippen LogP contribution is -2.29. The molecule has 1 fully saturated rings. The second-order valence-corrected chi connectivity index (χ2v) is 3.97. The highest BCUT2D eigenvalue weighted by atomic mass is 16.5. The number of rotatable bonds is 3. The first-order chi connectivity index (χ1) is 8.15. The Morgan fingerprint density at radius 2 is 2.29 bits per heavy atom. The summed E-state index contributed by atoms with van der Waals surface area (Å²) in [6.07, 6.45) is 2.07. The van der Waals surface area contributed by atoms with E-state index < -0.39 is 11.9 Å². The molecule has 4 N–H and O–H groups in total. The molecule has 2 rings (SSSR count). The molecular weight excluding hydrogens is 226 g/mol. The van der Waals surface area contributed by atoms with Crippen LogP contribution < -0.4 is 11.4 Å². The Balaban J connectivity index is 2.30. The minimum Gasteiger partial charge on any atom is -0.394 e. The Morgan fingerprint density at radius 3 is 2.88 bits per heavy atom. The predicted octanol–water partition coefficient (Wildman–Crippen LogP) is -1.01. The first-order valence-electron chi connectivity index (χ1n) is 5.40. The van der Waals surface area contributed by atoms with Crippen molar-refractivity contribution in [1.29, 1.82) is 0 Å². The average molecular weight is 241 g/mol. The smallest absolute Gasteiger partial charge is 0.351 e. The van der Waals surface area contributed by atoms with E-state index in [1.54, 1.807) is 0 Å². The summed E-state index contributed by atoms with van der Waals surface area (Å²) in [6.45, 7) is -0.351. The van der Waals surface area contributed by atoms with E-state index >= 15 is 0 Å². The largest absolute Gasteiger partial charge is 0.394 e. The van der Waals surface area contributed by atoms with E-state index in [-0.39, 0.29) is 25.1 Å². The van der Waals surface area contributed by atoms with Crippen LogP contribution in [0.4, 0.5) is 5.82 Å². The summed E-state index contributed by atoms with van der Waals surface area (Å²) in [5.41, 5.74) is 5.37. The zero-order valence-electron chi connectivity index (χ0n) is 9.24. The summed E-state index contributed by atoms with van der Waals surface area (Å²) in [7, 11) is 0. The van der Waals surface area contributed by atoms with Gasteiger partial charge in [-0.3, -0.25) is 4.57 Å². The normalized spacial score (nSPS) is 24.1. The molecule has 1 unspecified atom stereocenters. The highest BCUT2D eigenvalue weighted by Crippen LogP contribution is 2.27. The van der Waals surface area contributed by atoms with Gasteiger partial charge >= 0.3 is 5.69 Å². The molecular formula is C10H15N3O4. The molecule has 7 heteroatoms. The number of aliphatic hydroxyl groups excluding tert-OH is 2. The standard InChI is InChI=1S/C10H15N3O4/c11-9-6(4-14)3-13(10(16)12-9)8-2-1-7(5-15)17-8/h3,7-8,14-15H,1-2,4-5H2,(H2,11,12,16)/t7-,8?/m0/s1. The van der Waals surface area contributed by atoms with Crippen LogP contribution in [0.3, 0.4) is 0 Å². The van der Waals surface area contributed by atoms with Crippen LogP contribution in [0.2, 0.25) is 0 Å². The Hall–Kier alpha value is -1.44. The topological polar surface area (TPSA) is 111 Å². The minimum atomic E-state index is -0.511. The molecule has 0 bridgehead atoms. The summed E-state index contributed by atoms with van der Waals surface area (Å²) in [5, 5.41) is 18.0. The maximum atomic E-state index is 11.6. The summed E-state index contributed by atoms with van der Waals surface area (Å²) in [4.78, 5) is 15.3. The number of hydrogen-bond donors (Lipinski definition) is 3. The molecule has 2 heterocycles. The summed E-state index contributed by atoms with van der Waals surface area (Å²) < 4.78 is 6.77. The quantitative estimate of drug-likeness (QED) is 0.625. The van der Waals surface area contributed by atoms with Gasteiger partial charge in [-0.05, 0) is 12.8 Å². The van der Waals surface area contributed by atoms with E-state index in [1.807, 2.05) is 0 Å². The molecule has 0 saturated carbocycles. The number of nitrogens with two attached hydrogens (primary N) is 1. The number of aliphatic hydroxyl groups is 2. The molecule has 0 amide bonds. The van der Waals surface area contributed by atoms with Gasteiger partial charge in [0.1, 0.15) is 12.0 Å². The zero-order valence-corrected chi connectivity index (χ0v) is 9.24. The summed E-state index contributed by atoms with van der Waals surface area (Å²) in [6, 6.07) is 0. The summed E-state index contributed by atoms with van der Waals surface area (Å²) in [5.74, 6) is 0.0328. The third kappa shape index (κ3) is 2.31. The first kappa shape index (κ1) is 12.0. The lowest BCUT2D eigenvalue weighted by atomic mass is 10.2. The average Bonchev–Trinajstić information content (AvgIpc) is 2.78. The van der Waals surface area contributed by atoms with Gasteiger partial charge in [-0.1, -0.05) is 0 Å². The molecule has 1 saturated heterocycles. The first-order valence-corrected chi connectivity index (χ1v) is 5.40. The third-order valence-corrected chi connectivity index (χ3v) is 2.83. The number of nitrogens with zero attached hydrogens (tertiary/aromatic N) is 2. The van der Waals surface area contributed by atoms with E-state index in [1.165, 1.54) is 10.8 Å². The molecule has 1 aromatic heterocycles. The molecule has 2 atom stereocenters. The Morgan fingerprint density at radius 1 is 1.53 bits per heavy atom. The fourth-order valence-corrected chi connectivity index (χ4v) is 1.88. The fraction of sp³-hybridized carbons (Fsp3) is 0.600. The molecule has 0 radical (unpaired) electrons. The van der Waals surface area contributed by atoms with E-state index in [0.717, 1.165) is 0 Å². The van der Waals surface area contributed by atoms with Crippen molar-refractivity contribution in [2.24, 2.45) is 0 Å². The number of anilines is 1. The molecule has 1 aromatic rings. The van der Waals surface area contributed by atoms with Gasteiger partial charge in [-0.25, -0.2) is 4.79 Å². The lowest BCUT2D eigenvalue weighted by Gasteiger charge is -2.15. The Kier molecular flexibility index (Phi) is 3.41. The van der Waals surface area contributed by atoms with E-state index in [0.29, 0.717) is 18.4 Å². The van der Waals surface area contributed by atoms with Crippen LogP contribution in [0.25, 0.3) is 0 Å². The van der Waals surface area contributed by atoms with Crippen molar-refractivity contribution < 1.29 is 14.9 Å². The third-order valence-electron chi connectivity index (χ3n) is 2.83. The van der Waals surface area contributed by atoms with Crippen LogP contribution in [0.15, 0.2) is 11.0 Å². The Bertz CT molecular complexity index is 459. The minimum absolute atomic E-state index is 0.0328. The van der Waals surface area contributed by atoms with Crippen molar-refractivity contribution in [3.63, 3.8) is 0 Å². The van der Waals surface area contributed by atoms with Crippen LogP contribution in [0.5, 0.6) is 0 Å². The van der Waals surface area contributed by atoms with E-state index in [4.69, 9.17) is 20.7 Å². The van der Waals surface area contributed by atoms with Crippen molar-refractivity contribution in [3.05, 3.63) is 22.2 Å². The van der Waals surface area contributed by atoms with Crippen molar-refractivity contribution in [1.82, 2.24) is 9.55 Å². The van der Waals surface area contributed by atoms with Crippen LogP contribution in [0, 0.1) is 0 Å². The van der Waals surface area contributed by atoms with Gasteiger partial charge in [-0.2, -0.15) is 4.98 Å². The summed E-state index contributed by atoms with van der Waals surface area (Å²) >= 11 is 0. The molecule has 94 valence electrons.